The molecule has 0 saturated heterocycles. The number of aromatic nitrogens is 1. The zero-order valence-corrected chi connectivity index (χ0v) is 14.0. The van der Waals surface area contributed by atoms with E-state index in [-0.39, 0.29) is 17.7 Å². The van der Waals surface area contributed by atoms with E-state index < -0.39 is 0 Å². The molecule has 0 aliphatic heterocycles. The Bertz CT molecular complexity index is 1020. The molecule has 0 N–H and O–H groups in total. The molecule has 0 radical (unpaired) electrons. The third-order valence-electron chi connectivity index (χ3n) is 2.91. The highest BCUT2D eigenvalue weighted by atomic mass is 35.5. The van der Waals surface area contributed by atoms with Crippen LogP contribution in [0.1, 0.15) is 5.56 Å². The maximum Gasteiger partial charge on any atom is 0.269 e. The van der Waals surface area contributed by atoms with Gasteiger partial charge in [-0.15, -0.1) is 17.9 Å². The number of nitrogens with zero attached hydrogens (tertiary/aromatic N) is 3. The van der Waals surface area contributed by atoms with Crippen LogP contribution in [0.5, 0.6) is 0 Å². The number of benzene rings is 1. The van der Waals surface area contributed by atoms with Crippen molar-refractivity contribution >= 4 is 46.2 Å². The van der Waals surface area contributed by atoms with E-state index in [0.29, 0.717) is 24.8 Å². The number of hydrogen-bond acceptors (Lipinski definition) is 4. The second-order valence-corrected chi connectivity index (χ2v) is 6.26. The van der Waals surface area contributed by atoms with Gasteiger partial charge >= 0.3 is 0 Å². The van der Waals surface area contributed by atoms with E-state index >= 15 is 0 Å². The van der Waals surface area contributed by atoms with Crippen LogP contribution in [0, 0.1) is 22.7 Å². The van der Waals surface area contributed by atoms with Gasteiger partial charge in [0, 0.05) is 16.6 Å². The van der Waals surface area contributed by atoms with Crippen LogP contribution < -0.4 is 14.8 Å². The van der Waals surface area contributed by atoms with Gasteiger partial charge in [-0.3, -0.25) is 9.36 Å². The molecule has 0 aliphatic rings. The normalized spacial score (nSPS) is 10.9. The van der Waals surface area contributed by atoms with Crippen LogP contribution >= 0.6 is 34.5 Å². The summed E-state index contributed by atoms with van der Waals surface area (Å²) in [6.07, 6.45) is 3.14. The topological polar surface area (TPSA) is 69.6 Å². The van der Waals surface area contributed by atoms with Crippen molar-refractivity contribution in [3.8, 4) is 12.1 Å². The van der Waals surface area contributed by atoms with Gasteiger partial charge in [0.15, 0.2) is 5.57 Å². The molecule has 0 aliphatic carbocycles. The molecular weight excluding hydrogens is 353 g/mol. The first kappa shape index (κ1) is 17.1. The van der Waals surface area contributed by atoms with Gasteiger partial charge in [0.25, 0.3) is 5.56 Å². The first-order valence-corrected chi connectivity index (χ1v) is 7.91. The highest BCUT2D eigenvalue weighted by Crippen LogP contribution is 2.21. The molecule has 0 spiro atoms. The van der Waals surface area contributed by atoms with Crippen molar-refractivity contribution in [1.29, 1.82) is 10.5 Å². The molecule has 0 fully saturated rings. The van der Waals surface area contributed by atoms with Crippen molar-refractivity contribution < 1.29 is 0 Å². The lowest BCUT2D eigenvalue weighted by Gasteiger charge is -1.97. The third-order valence-corrected chi connectivity index (χ3v) is 4.60. The van der Waals surface area contributed by atoms with Gasteiger partial charge in [-0.05, 0) is 23.8 Å². The lowest BCUT2D eigenvalue weighted by Crippen LogP contribution is -2.31. The molecule has 2 rings (SSSR count). The molecule has 2 aromatic rings. The van der Waals surface area contributed by atoms with Gasteiger partial charge in [0.1, 0.15) is 16.8 Å². The van der Waals surface area contributed by atoms with E-state index in [1.807, 2.05) is 0 Å². The number of allylic oxidation sites excluding steroid dienone is 1. The third kappa shape index (κ3) is 3.55. The first-order valence-electron chi connectivity index (χ1n) is 6.33. The van der Waals surface area contributed by atoms with Crippen molar-refractivity contribution in [3.05, 3.63) is 66.0 Å². The van der Waals surface area contributed by atoms with E-state index in [1.54, 1.807) is 36.4 Å². The minimum atomic E-state index is -0.307. The molecule has 1 heterocycles. The summed E-state index contributed by atoms with van der Waals surface area (Å²) in [7, 11) is 0. The van der Waals surface area contributed by atoms with E-state index in [4.69, 9.17) is 33.7 Å². The van der Waals surface area contributed by atoms with Gasteiger partial charge in [0.05, 0.1) is 4.53 Å². The standard InChI is InChI=1S/C16H9Cl2N3OS/c1-2-5-21-15(22)14(23-16(21)11(8-19)9-20)6-10-3-4-12(17)7-13(10)18/h2-4,6-7H,1,5H2/b14-6-. The lowest BCUT2D eigenvalue weighted by molar-refractivity contribution is 0.775. The molecule has 0 saturated carbocycles. The molecule has 0 bridgehead atoms. The number of hydrogen-bond donors (Lipinski definition) is 0. The predicted octanol–water partition coefficient (Wildman–Crippen LogP) is 2.43. The monoisotopic (exact) mass is 361 g/mol. The number of rotatable bonds is 3. The second kappa shape index (κ2) is 7.30. The highest BCUT2D eigenvalue weighted by molar-refractivity contribution is 7.07. The maximum atomic E-state index is 12.5. The van der Waals surface area contributed by atoms with E-state index in [1.165, 1.54) is 10.6 Å². The Morgan fingerprint density at radius 2 is 2.04 bits per heavy atom. The van der Waals surface area contributed by atoms with Gasteiger partial charge in [-0.1, -0.05) is 35.3 Å². The van der Waals surface area contributed by atoms with Crippen LogP contribution in [0.2, 0.25) is 10.0 Å². The van der Waals surface area contributed by atoms with Gasteiger partial charge in [-0.25, -0.2) is 0 Å². The molecule has 114 valence electrons. The Balaban J connectivity index is 2.83. The van der Waals surface area contributed by atoms with E-state index in [9.17, 15) is 4.79 Å². The van der Waals surface area contributed by atoms with Crippen molar-refractivity contribution in [2.24, 2.45) is 0 Å². The fourth-order valence-electron chi connectivity index (χ4n) is 1.88. The first-order chi connectivity index (χ1) is 11.0. The van der Waals surface area contributed by atoms with Crippen LogP contribution in [0.25, 0.3) is 11.6 Å². The Morgan fingerprint density at radius 1 is 1.35 bits per heavy atom. The highest BCUT2D eigenvalue weighted by Gasteiger charge is 2.08. The van der Waals surface area contributed by atoms with Crippen LogP contribution in [-0.4, -0.2) is 4.57 Å². The fourth-order valence-corrected chi connectivity index (χ4v) is 3.40. The lowest BCUT2D eigenvalue weighted by atomic mass is 10.2. The molecule has 7 heteroatoms. The molecule has 23 heavy (non-hydrogen) atoms. The average molecular weight is 362 g/mol. The Morgan fingerprint density at radius 3 is 2.61 bits per heavy atom. The largest absolute Gasteiger partial charge is 0.293 e. The summed E-state index contributed by atoms with van der Waals surface area (Å²) in [5.41, 5.74) is 0.205. The zero-order chi connectivity index (χ0) is 17.0. The van der Waals surface area contributed by atoms with Crippen molar-refractivity contribution in [1.82, 2.24) is 4.57 Å². The van der Waals surface area contributed by atoms with Gasteiger partial charge in [0.2, 0.25) is 0 Å². The molecule has 4 nitrogen and oxygen atoms in total. The Hall–Kier alpha value is -2.31. The number of nitriles is 2. The van der Waals surface area contributed by atoms with Crippen LogP contribution in [-0.2, 0) is 6.54 Å². The Kier molecular flexibility index (Phi) is 5.41. The average Bonchev–Trinajstić information content (AvgIpc) is 2.81. The summed E-state index contributed by atoms with van der Waals surface area (Å²) in [5, 5.41) is 19.0. The van der Waals surface area contributed by atoms with Crippen LogP contribution in [0.4, 0.5) is 0 Å². The molecular formula is C16H9Cl2N3OS. The minimum Gasteiger partial charge on any atom is -0.293 e. The van der Waals surface area contributed by atoms with Crippen molar-refractivity contribution in [2.45, 2.75) is 6.54 Å². The summed E-state index contributed by atoms with van der Waals surface area (Å²) in [4.78, 5) is 12.5. The summed E-state index contributed by atoms with van der Waals surface area (Å²) >= 11 is 13.0. The molecule has 1 aromatic heterocycles. The maximum absolute atomic E-state index is 12.5. The van der Waals surface area contributed by atoms with Gasteiger partial charge in [-0.2, -0.15) is 10.5 Å². The van der Waals surface area contributed by atoms with Crippen molar-refractivity contribution in [3.63, 3.8) is 0 Å². The summed E-state index contributed by atoms with van der Waals surface area (Å²) < 4.78 is 2.01. The quantitative estimate of drug-likeness (QED) is 0.788. The second-order valence-electron chi connectivity index (χ2n) is 4.38. The number of thiazole rings is 1. The van der Waals surface area contributed by atoms with Crippen LogP contribution in [0.3, 0.4) is 0 Å². The SMILES string of the molecule is C=CCn1c(=C(C#N)C#N)s/c(=C\c2ccc(Cl)cc2Cl)c1=O. The molecule has 0 unspecified atom stereocenters. The Labute approximate surface area is 146 Å². The number of halogens is 2. The van der Waals surface area contributed by atoms with E-state index in [2.05, 4.69) is 6.58 Å². The smallest absolute Gasteiger partial charge is 0.269 e. The summed E-state index contributed by atoms with van der Waals surface area (Å²) in [6.45, 7) is 3.80. The fraction of sp³-hybridized carbons (Fsp3) is 0.0625. The summed E-state index contributed by atoms with van der Waals surface area (Å²) in [6, 6.07) is 8.55. The predicted molar refractivity (Wildman–Crippen MR) is 92.7 cm³/mol. The van der Waals surface area contributed by atoms with Gasteiger partial charge < -0.3 is 0 Å². The molecule has 0 amide bonds. The minimum absolute atomic E-state index is 0.115. The molecule has 0 atom stereocenters. The summed E-state index contributed by atoms with van der Waals surface area (Å²) in [5.74, 6) is 0. The van der Waals surface area contributed by atoms with E-state index in [0.717, 1.165) is 11.3 Å². The zero-order valence-electron chi connectivity index (χ0n) is 11.7. The van der Waals surface area contributed by atoms with Crippen molar-refractivity contribution in [2.75, 3.05) is 0 Å². The van der Waals surface area contributed by atoms with Crippen LogP contribution in [0.15, 0.2) is 35.6 Å². The molecule has 1 aromatic carbocycles.